The fourth-order valence-corrected chi connectivity index (χ4v) is 3.92. The molecule has 6 heteroatoms. The number of carbonyl (C=O) groups excluding carboxylic acids is 1. The van der Waals surface area contributed by atoms with Gasteiger partial charge in [-0.1, -0.05) is 18.2 Å². The highest BCUT2D eigenvalue weighted by molar-refractivity contribution is 9.10. The van der Waals surface area contributed by atoms with Crippen LogP contribution in [0.25, 0.3) is 5.57 Å². The molecule has 4 rings (SSSR count). The Balaban J connectivity index is 1.60. The van der Waals surface area contributed by atoms with Crippen LogP contribution >= 0.6 is 15.9 Å². The maximum atomic E-state index is 12.5. The second-order valence-corrected chi connectivity index (χ2v) is 7.38. The number of benzene rings is 1. The highest BCUT2D eigenvalue weighted by atomic mass is 79.9. The Labute approximate surface area is 160 Å². The standard InChI is InChI=1S/C20H20BrNO4/c1-13-3-2-4-15(22-19(23)16-5-6-17(21)26-16)18(13)14-7-9-20(10-8-14)24-11-12-25-20/h2-7H,8-12H2,1H3,(H,22,23). The minimum atomic E-state index is -0.448. The van der Waals surface area contributed by atoms with Crippen LogP contribution in [0.2, 0.25) is 0 Å². The fourth-order valence-electron chi connectivity index (χ4n) is 3.61. The smallest absolute Gasteiger partial charge is 0.291 e. The van der Waals surface area contributed by atoms with Crippen LogP contribution in [0.1, 0.15) is 40.9 Å². The number of rotatable bonds is 3. The zero-order chi connectivity index (χ0) is 18.1. The van der Waals surface area contributed by atoms with Crippen LogP contribution in [0.5, 0.6) is 0 Å². The van der Waals surface area contributed by atoms with Crippen LogP contribution in [-0.2, 0) is 9.47 Å². The third kappa shape index (κ3) is 3.37. The Morgan fingerprint density at radius 2 is 2.00 bits per heavy atom. The Morgan fingerprint density at radius 3 is 2.65 bits per heavy atom. The van der Waals surface area contributed by atoms with E-state index in [0.29, 0.717) is 17.9 Å². The van der Waals surface area contributed by atoms with Crippen LogP contribution in [0.3, 0.4) is 0 Å². The maximum Gasteiger partial charge on any atom is 0.291 e. The number of carbonyl (C=O) groups is 1. The largest absolute Gasteiger partial charge is 0.444 e. The molecule has 2 heterocycles. The van der Waals surface area contributed by atoms with E-state index in [0.717, 1.165) is 36.1 Å². The van der Waals surface area contributed by atoms with Crippen molar-refractivity contribution in [2.75, 3.05) is 18.5 Å². The highest BCUT2D eigenvalue weighted by Crippen LogP contribution is 2.41. The van der Waals surface area contributed by atoms with Gasteiger partial charge in [0.15, 0.2) is 16.2 Å². The van der Waals surface area contributed by atoms with Crippen LogP contribution in [0, 0.1) is 6.92 Å². The van der Waals surface area contributed by atoms with E-state index < -0.39 is 5.79 Å². The first-order chi connectivity index (χ1) is 12.6. The molecule has 0 unspecified atom stereocenters. The quantitative estimate of drug-likeness (QED) is 0.769. The van der Waals surface area contributed by atoms with E-state index in [1.54, 1.807) is 12.1 Å². The minimum Gasteiger partial charge on any atom is -0.444 e. The van der Waals surface area contributed by atoms with Gasteiger partial charge in [-0.3, -0.25) is 4.79 Å². The first kappa shape index (κ1) is 17.5. The molecule has 1 saturated heterocycles. The lowest BCUT2D eigenvalue weighted by Gasteiger charge is -2.31. The summed E-state index contributed by atoms with van der Waals surface area (Å²) in [7, 11) is 0. The predicted molar refractivity (Wildman–Crippen MR) is 102 cm³/mol. The van der Waals surface area contributed by atoms with Gasteiger partial charge in [-0.05, 0) is 58.6 Å². The second kappa shape index (κ2) is 7.02. The van der Waals surface area contributed by atoms with Gasteiger partial charge >= 0.3 is 0 Å². The Kier molecular flexibility index (Phi) is 4.73. The topological polar surface area (TPSA) is 60.7 Å². The number of ether oxygens (including phenoxy) is 2. The van der Waals surface area contributed by atoms with Gasteiger partial charge in [-0.25, -0.2) is 0 Å². The van der Waals surface area contributed by atoms with Crippen LogP contribution in [-0.4, -0.2) is 24.9 Å². The molecule has 5 nitrogen and oxygen atoms in total. The van der Waals surface area contributed by atoms with Gasteiger partial charge in [0.1, 0.15) is 0 Å². The summed E-state index contributed by atoms with van der Waals surface area (Å²) in [5, 5.41) is 2.98. The zero-order valence-electron chi connectivity index (χ0n) is 14.5. The summed E-state index contributed by atoms with van der Waals surface area (Å²) >= 11 is 3.22. The molecule has 1 amide bonds. The van der Waals surface area contributed by atoms with E-state index in [1.807, 2.05) is 12.1 Å². The second-order valence-electron chi connectivity index (χ2n) is 6.60. The summed E-state index contributed by atoms with van der Waals surface area (Å²) in [4.78, 5) is 12.5. The molecule has 1 fully saturated rings. The third-order valence-electron chi connectivity index (χ3n) is 4.89. The van der Waals surface area contributed by atoms with E-state index >= 15 is 0 Å². The average molecular weight is 418 g/mol. The first-order valence-corrected chi connectivity index (χ1v) is 9.49. The number of allylic oxidation sites excluding steroid dienone is 1. The Bertz CT molecular complexity index is 864. The molecular formula is C20H20BrNO4. The predicted octanol–water partition coefficient (Wildman–Crippen LogP) is 4.91. The first-order valence-electron chi connectivity index (χ1n) is 8.70. The van der Waals surface area contributed by atoms with Gasteiger partial charge < -0.3 is 19.2 Å². The van der Waals surface area contributed by atoms with Crippen molar-refractivity contribution in [2.24, 2.45) is 0 Å². The molecule has 0 radical (unpaired) electrons. The van der Waals surface area contributed by atoms with Crippen molar-refractivity contribution < 1.29 is 18.7 Å². The van der Waals surface area contributed by atoms with E-state index in [2.05, 4.69) is 40.3 Å². The molecule has 2 aromatic rings. The molecule has 26 heavy (non-hydrogen) atoms. The Morgan fingerprint density at radius 1 is 1.19 bits per heavy atom. The van der Waals surface area contributed by atoms with Gasteiger partial charge in [0.2, 0.25) is 0 Å². The summed E-state index contributed by atoms with van der Waals surface area (Å²) < 4.78 is 17.5. The van der Waals surface area contributed by atoms with Gasteiger partial charge in [0, 0.05) is 24.1 Å². The molecule has 0 saturated carbocycles. The molecule has 1 N–H and O–H groups in total. The number of furan rings is 1. The van der Waals surface area contributed by atoms with Crippen molar-refractivity contribution in [3.63, 3.8) is 0 Å². The molecule has 1 aliphatic carbocycles. The summed E-state index contributed by atoms with van der Waals surface area (Å²) in [6, 6.07) is 9.28. The molecular weight excluding hydrogens is 398 g/mol. The van der Waals surface area contributed by atoms with Gasteiger partial charge in [0.05, 0.1) is 13.2 Å². The summed E-state index contributed by atoms with van der Waals surface area (Å²) in [5.41, 5.74) is 4.19. The van der Waals surface area contributed by atoms with Crippen molar-refractivity contribution in [3.8, 4) is 0 Å². The van der Waals surface area contributed by atoms with Crippen LogP contribution < -0.4 is 5.32 Å². The van der Waals surface area contributed by atoms with Crippen molar-refractivity contribution in [1.29, 1.82) is 0 Å². The lowest BCUT2D eigenvalue weighted by Crippen LogP contribution is -2.31. The number of amides is 1. The fraction of sp³-hybridized carbons (Fsp3) is 0.350. The monoisotopic (exact) mass is 417 g/mol. The number of hydrogen-bond donors (Lipinski definition) is 1. The minimum absolute atomic E-state index is 0.266. The lowest BCUT2D eigenvalue weighted by atomic mass is 9.87. The third-order valence-corrected chi connectivity index (χ3v) is 5.31. The highest BCUT2D eigenvalue weighted by Gasteiger charge is 2.38. The molecule has 1 aliphatic heterocycles. The molecule has 136 valence electrons. The van der Waals surface area contributed by atoms with Crippen molar-refractivity contribution in [1.82, 2.24) is 0 Å². The average Bonchev–Trinajstić information content (AvgIpc) is 3.26. The molecule has 0 atom stereocenters. The van der Waals surface area contributed by atoms with Gasteiger partial charge in [-0.2, -0.15) is 0 Å². The number of hydrogen-bond acceptors (Lipinski definition) is 4. The van der Waals surface area contributed by atoms with Crippen molar-refractivity contribution >= 4 is 33.1 Å². The van der Waals surface area contributed by atoms with E-state index in [1.165, 1.54) is 5.57 Å². The summed E-state index contributed by atoms with van der Waals surface area (Å²) in [5.74, 6) is -0.442. The van der Waals surface area contributed by atoms with Crippen molar-refractivity contribution in [2.45, 2.75) is 32.0 Å². The molecule has 0 bridgehead atoms. The summed E-state index contributed by atoms with van der Waals surface area (Å²) in [6.07, 6.45) is 4.58. The van der Waals surface area contributed by atoms with Gasteiger partial charge in [-0.15, -0.1) is 0 Å². The molecule has 1 aromatic carbocycles. The van der Waals surface area contributed by atoms with E-state index in [9.17, 15) is 4.79 Å². The molecule has 2 aliphatic rings. The van der Waals surface area contributed by atoms with Crippen molar-refractivity contribution in [3.05, 3.63) is 58.0 Å². The number of halogens is 1. The SMILES string of the molecule is Cc1cccc(NC(=O)c2ccc(Br)o2)c1C1=CCC2(CC1)OCCO2. The number of aryl methyl sites for hydroxylation is 1. The number of nitrogens with one attached hydrogen (secondary N) is 1. The van der Waals surface area contributed by atoms with E-state index in [-0.39, 0.29) is 11.7 Å². The van der Waals surface area contributed by atoms with Gasteiger partial charge in [0.25, 0.3) is 5.91 Å². The van der Waals surface area contributed by atoms with Crippen LogP contribution in [0.4, 0.5) is 5.69 Å². The van der Waals surface area contributed by atoms with E-state index in [4.69, 9.17) is 13.9 Å². The molecule has 1 spiro atoms. The maximum absolute atomic E-state index is 12.5. The summed E-state index contributed by atoms with van der Waals surface area (Å²) in [6.45, 7) is 3.38. The number of anilines is 1. The normalized spacial score (nSPS) is 18.8. The lowest BCUT2D eigenvalue weighted by molar-refractivity contribution is -0.159. The van der Waals surface area contributed by atoms with Crippen LogP contribution in [0.15, 0.2) is 45.5 Å². The Hall–Kier alpha value is -1.89. The molecule has 1 aromatic heterocycles. The zero-order valence-corrected chi connectivity index (χ0v) is 16.1.